The number of benzene rings is 2. The van der Waals surface area contributed by atoms with Gasteiger partial charge in [0.05, 0.1) is 11.6 Å². The van der Waals surface area contributed by atoms with E-state index in [1.165, 1.54) is 19.1 Å². The first kappa shape index (κ1) is 19.6. The summed E-state index contributed by atoms with van der Waals surface area (Å²) >= 11 is 0. The maximum Gasteiger partial charge on any atom is 0.339 e. The molecule has 0 aliphatic rings. The summed E-state index contributed by atoms with van der Waals surface area (Å²) < 4.78 is 18.3. The molecule has 0 aromatic heterocycles. The smallest absolute Gasteiger partial charge is 0.339 e. The predicted octanol–water partition coefficient (Wildman–Crippen LogP) is 4.17. The molecule has 0 aliphatic heterocycles. The summed E-state index contributed by atoms with van der Waals surface area (Å²) in [5.41, 5.74) is 3.96. The highest BCUT2D eigenvalue weighted by atomic mass is 19.1. The number of carbonyl (C=O) groups is 2. The Morgan fingerprint density at radius 1 is 1.00 bits per heavy atom. The minimum Gasteiger partial charge on any atom is -0.449 e. The van der Waals surface area contributed by atoms with Crippen LogP contribution in [-0.2, 0) is 9.53 Å². The molecule has 0 saturated carbocycles. The quantitative estimate of drug-likeness (QED) is 0.817. The SMILES string of the molecule is Cc1cc(C)c(C(=O)OC(C)C(=O)NC(C)c2ccc(F)cc2)c(C)c1. The molecule has 0 fully saturated rings. The number of esters is 1. The monoisotopic (exact) mass is 357 g/mol. The van der Waals surface area contributed by atoms with Crippen molar-refractivity contribution in [2.45, 2.75) is 46.8 Å². The Bertz CT molecular complexity index is 792. The van der Waals surface area contributed by atoms with E-state index in [0.717, 1.165) is 22.3 Å². The maximum atomic E-state index is 13.0. The third-order valence-electron chi connectivity index (χ3n) is 4.26. The van der Waals surface area contributed by atoms with Gasteiger partial charge in [-0.25, -0.2) is 9.18 Å². The first-order valence-corrected chi connectivity index (χ1v) is 8.53. The summed E-state index contributed by atoms with van der Waals surface area (Å²) in [6.45, 7) is 8.97. The minimum absolute atomic E-state index is 0.327. The van der Waals surface area contributed by atoms with Crippen LogP contribution in [0.3, 0.4) is 0 Å². The lowest BCUT2D eigenvalue weighted by Crippen LogP contribution is -2.37. The van der Waals surface area contributed by atoms with Crippen LogP contribution in [0.15, 0.2) is 36.4 Å². The van der Waals surface area contributed by atoms with Gasteiger partial charge >= 0.3 is 5.97 Å². The van der Waals surface area contributed by atoms with Gasteiger partial charge in [-0.05, 0) is 63.4 Å². The lowest BCUT2D eigenvalue weighted by molar-refractivity contribution is -0.129. The average Bonchev–Trinajstić information content (AvgIpc) is 2.54. The van der Waals surface area contributed by atoms with E-state index in [1.54, 1.807) is 19.1 Å². The van der Waals surface area contributed by atoms with Crippen LogP contribution in [-0.4, -0.2) is 18.0 Å². The molecule has 0 saturated heterocycles. The van der Waals surface area contributed by atoms with Crippen LogP contribution < -0.4 is 5.32 Å². The van der Waals surface area contributed by atoms with Crippen LogP contribution in [0.1, 0.15) is 52.5 Å². The lowest BCUT2D eigenvalue weighted by atomic mass is 10.00. The normalized spacial score (nSPS) is 13.0. The zero-order chi connectivity index (χ0) is 19.4. The van der Waals surface area contributed by atoms with Gasteiger partial charge in [-0.1, -0.05) is 29.8 Å². The fourth-order valence-electron chi connectivity index (χ4n) is 2.94. The number of ether oxygens (including phenoxy) is 1. The number of aryl methyl sites for hydroxylation is 3. The number of carbonyl (C=O) groups excluding carboxylic acids is 2. The molecule has 0 bridgehead atoms. The Morgan fingerprint density at radius 2 is 1.54 bits per heavy atom. The van der Waals surface area contributed by atoms with E-state index < -0.39 is 18.0 Å². The molecule has 5 heteroatoms. The summed E-state index contributed by atoms with van der Waals surface area (Å²) in [6.07, 6.45) is -0.939. The second-order valence-corrected chi connectivity index (χ2v) is 6.60. The predicted molar refractivity (Wildman–Crippen MR) is 98.5 cm³/mol. The molecule has 0 aliphatic carbocycles. The summed E-state index contributed by atoms with van der Waals surface area (Å²) in [4.78, 5) is 24.8. The van der Waals surface area contributed by atoms with Crippen LogP contribution in [0.2, 0.25) is 0 Å². The third-order valence-corrected chi connectivity index (χ3v) is 4.26. The molecule has 2 rings (SSSR count). The molecule has 2 unspecified atom stereocenters. The van der Waals surface area contributed by atoms with Gasteiger partial charge in [0, 0.05) is 0 Å². The molecule has 2 aromatic carbocycles. The van der Waals surface area contributed by atoms with E-state index in [9.17, 15) is 14.0 Å². The first-order valence-electron chi connectivity index (χ1n) is 8.53. The van der Waals surface area contributed by atoms with Gasteiger partial charge in [0.2, 0.25) is 0 Å². The van der Waals surface area contributed by atoms with Crippen molar-refractivity contribution in [1.29, 1.82) is 0 Å². The van der Waals surface area contributed by atoms with E-state index in [4.69, 9.17) is 4.74 Å². The van der Waals surface area contributed by atoms with Crippen molar-refractivity contribution in [2.24, 2.45) is 0 Å². The van der Waals surface area contributed by atoms with Gasteiger partial charge in [-0.3, -0.25) is 4.79 Å². The molecule has 2 atom stereocenters. The fraction of sp³-hybridized carbons (Fsp3) is 0.333. The van der Waals surface area contributed by atoms with Crippen LogP contribution in [0.5, 0.6) is 0 Å². The molecule has 4 nitrogen and oxygen atoms in total. The summed E-state index contributed by atoms with van der Waals surface area (Å²) in [5.74, 6) is -1.26. The van der Waals surface area contributed by atoms with Crippen molar-refractivity contribution < 1.29 is 18.7 Å². The molecular formula is C21H24FNO3. The Balaban J connectivity index is 2.02. The van der Waals surface area contributed by atoms with Crippen LogP contribution in [0.4, 0.5) is 4.39 Å². The third kappa shape index (κ3) is 4.69. The standard InChI is InChI=1S/C21H24FNO3/c1-12-10-13(2)19(14(3)11-12)21(25)26-16(5)20(24)23-15(4)17-6-8-18(22)9-7-17/h6-11,15-16H,1-5H3,(H,23,24). The molecule has 1 N–H and O–H groups in total. The van der Waals surface area contributed by atoms with Crippen LogP contribution in [0, 0.1) is 26.6 Å². The molecular weight excluding hydrogens is 333 g/mol. The van der Waals surface area contributed by atoms with Gasteiger partial charge in [0.1, 0.15) is 5.82 Å². The highest BCUT2D eigenvalue weighted by Gasteiger charge is 2.23. The molecule has 0 heterocycles. The number of nitrogens with one attached hydrogen (secondary N) is 1. The summed E-state index contributed by atoms with van der Waals surface area (Å²) in [5, 5.41) is 2.77. The largest absolute Gasteiger partial charge is 0.449 e. The second kappa shape index (κ2) is 8.13. The van der Waals surface area contributed by atoms with Crippen molar-refractivity contribution in [2.75, 3.05) is 0 Å². The van der Waals surface area contributed by atoms with Gasteiger partial charge in [0.15, 0.2) is 6.10 Å². The van der Waals surface area contributed by atoms with Crippen molar-refractivity contribution in [3.05, 3.63) is 70.0 Å². The minimum atomic E-state index is -0.939. The van der Waals surface area contributed by atoms with E-state index in [-0.39, 0.29) is 11.9 Å². The summed E-state index contributed by atoms with van der Waals surface area (Å²) in [6, 6.07) is 9.38. The Hall–Kier alpha value is -2.69. The van der Waals surface area contributed by atoms with Crippen molar-refractivity contribution in [1.82, 2.24) is 5.32 Å². The number of hydrogen-bond donors (Lipinski definition) is 1. The van der Waals surface area contributed by atoms with Crippen molar-refractivity contribution >= 4 is 11.9 Å². The van der Waals surface area contributed by atoms with E-state index in [2.05, 4.69) is 5.32 Å². The molecule has 0 radical (unpaired) electrons. The van der Waals surface area contributed by atoms with Gasteiger partial charge < -0.3 is 10.1 Å². The zero-order valence-electron chi connectivity index (χ0n) is 15.7. The van der Waals surface area contributed by atoms with Crippen LogP contribution in [0.25, 0.3) is 0 Å². The van der Waals surface area contributed by atoms with E-state index >= 15 is 0 Å². The van der Waals surface area contributed by atoms with Gasteiger partial charge in [-0.2, -0.15) is 0 Å². The van der Waals surface area contributed by atoms with Crippen LogP contribution >= 0.6 is 0 Å². The Kier molecular flexibility index (Phi) is 6.14. The molecule has 1 amide bonds. The Labute approximate surface area is 153 Å². The number of hydrogen-bond acceptors (Lipinski definition) is 3. The van der Waals surface area contributed by atoms with Crippen molar-refractivity contribution in [3.63, 3.8) is 0 Å². The molecule has 2 aromatic rings. The average molecular weight is 357 g/mol. The van der Waals surface area contributed by atoms with Crippen molar-refractivity contribution in [3.8, 4) is 0 Å². The number of halogens is 1. The second-order valence-electron chi connectivity index (χ2n) is 6.60. The highest BCUT2D eigenvalue weighted by molar-refractivity contribution is 5.95. The lowest BCUT2D eigenvalue weighted by Gasteiger charge is -2.19. The highest BCUT2D eigenvalue weighted by Crippen LogP contribution is 2.18. The van der Waals surface area contributed by atoms with Gasteiger partial charge in [-0.15, -0.1) is 0 Å². The fourth-order valence-corrected chi connectivity index (χ4v) is 2.94. The molecule has 26 heavy (non-hydrogen) atoms. The molecule has 0 spiro atoms. The number of amides is 1. The first-order chi connectivity index (χ1) is 12.2. The van der Waals surface area contributed by atoms with E-state index in [0.29, 0.717) is 5.56 Å². The zero-order valence-corrected chi connectivity index (χ0v) is 15.7. The Morgan fingerprint density at radius 3 is 2.08 bits per heavy atom. The maximum absolute atomic E-state index is 13.0. The van der Waals surface area contributed by atoms with Gasteiger partial charge in [0.25, 0.3) is 5.91 Å². The number of rotatable bonds is 5. The summed E-state index contributed by atoms with van der Waals surface area (Å²) in [7, 11) is 0. The van der Waals surface area contributed by atoms with E-state index in [1.807, 2.05) is 32.9 Å². The topological polar surface area (TPSA) is 55.4 Å². The molecule has 138 valence electrons.